The van der Waals surface area contributed by atoms with Gasteiger partial charge in [-0.3, -0.25) is 9.59 Å². The Hall–Kier alpha value is -1.96. The highest BCUT2D eigenvalue weighted by molar-refractivity contribution is 7.09. The van der Waals surface area contributed by atoms with E-state index in [1.54, 1.807) is 17.5 Å². The van der Waals surface area contributed by atoms with E-state index in [9.17, 15) is 9.59 Å². The fraction of sp³-hybridized carbons (Fsp3) is 0.267. The lowest BCUT2D eigenvalue weighted by atomic mass is 10.1. The van der Waals surface area contributed by atoms with Gasteiger partial charge in [0.25, 0.3) is 5.91 Å². The van der Waals surface area contributed by atoms with Gasteiger partial charge >= 0.3 is 0 Å². The highest BCUT2D eigenvalue weighted by Gasteiger charge is 2.12. The highest BCUT2D eigenvalue weighted by Crippen LogP contribution is 2.21. The SMILES string of the molecule is CC(=O)Nc1ccc(C)c(NC(=O)c2csc(CCN)n2)c1.Cl. The van der Waals surface area contributed by atoms with Crippen molar-refractivity contribution >= 4 is 46.9 Å². The van der Waals surface area contributed by atoms with Crippen molar-refractivity contribution in [3.63, 3.8) is 0 Å². The van der Waals surface area contributed by atoms with E-state index in [0.29, 0.717) is 30.0 Å². The summed E-state index contributed by atoms with van der Waals surface area (Å²) in [5.41, 5.74) is 8.03. The normalized spacial score (nSPS) is 9.87. The quantitative estimate of drug-likeness (QED) is 0.768. The molecule has 0 radical (unpaired) electrons. The fourth-order valence-electron chi connectivity index (χ4n) is 1.88. The second-order valence-corrected chi connectivity index (χ2v) is 5.77. The van der Waals surface area contributed by atoms with E-state index in [1.165, 1.54) is 18.3 Å². The van der Waals surface area contributed by atoms with Crippen molar-refractivity contribution in [1.82, 2.24) is 4.98 Å². The molecule has 8 heteroatoms. The van der Waals surface area contributed by atoms with Crippen LogP contribution in [0.1, 0.15) is 28.0 Å². The zero-order chi connectivity index (χ0) is 16.1. The van der Waals surface area contributed by atoms with Crippen LogP contribution < -0.4 is 16.4 Å². The Morgan fingerprint density at radius 2 is 2.04 bits per heavy atom. The van der Waals surface area contributed by atoms with E-state index in [0.717, 1.165) is 10.6 Å². The molecule has 4 N–H and O–H groups in total. The number of benzene rings is 1. The molecule has 1 aromatic carbocycles. The zero-order valence-electron chi connectivity index (χ0n) is 12.9. The standard InChI is InChI=1S/C15H18N4O2S.ClH/c1-9-3-4-11(17-10(2)20)7-12(9)19-15(21)13-8-22-14(18-13)5-6-16;/h3-4,7-8H,5-6,16H2,1-2H3,(H,17,20)(H,19,21);1H. The minimum absolute atomic E-state index is 0. The smallest absolute Gasteiger partial charge is 0.275 e. The Morgan fingerprint density at radius 3 is 2.70 bits per heavy atom. The predicted octanol–water partition coefficient (Wildman–Crippen LogP) is 2.59. The lowest BCUT2D eigenvalue weighted by Crippen LogP contribution is -2.14. The molecule has 0 aliphatic rings. The summed E-state index contributed by atoms with van der Waals surface area (Å²) < 4.78 is 0. The lowest BCUT2D eigenvalue weighted by molar-refractivity contribution is -0.114. The van der Waals surface area contributed by atoms with Gasteiger partial charge in [-0.15, -0.1) is 23.7 Å². The third-order valence-electron chi connectivity index (χ3n) is 2.95. The molecule has 0 bridgehead atoms. The molecule has 0 atom stereocenters. The summed E-state index contributed by atoms with van der Waals surface area (Å²) in [6.07, 6.45) is 0.662. The predicted molar refractivity (Wildman–Crippen MR) is 95.6 cm³/mol. The molecule has 0 unspecified atom stereocenters. The average molecular weight is 355 g/mol. The minimum atomic E-state index is -0.275. The van der Waals surface area contributed by atoms with Gasteiger partial charge in [0.2, 0.25) is 5.91 Å². The number of carbonyl (C=O) groups excluding carboxylic acids is 2. The van der Waals surface area contributed by atoms with Gasteiger partial charge in [0.05, 0.1) is 5.01 Å². The van der Waals surface area contributed by atoms with E-state index in [-0.39, 0.29) is 24.2 Å². The molecule has 0 aliphatic heterocycles. The maximum atomic E-state index is 12.2. The second-order valence-electron chi connectivity index (χ2n) is 4.83. The van der Waals surface area contributed by atoms with E-state index in [2.05, 4.69) is 15.6 Å². The van der Waals surface area contributed by atoms with E-state index >= 15 is 0 Å². The number of rotatable bonds is 5. The van der Waals surface area contributed by atoms with Crippen molar-refractivity contribution < 1.29 is 9.59 Å². The molecule has 0 saturated carbocycles. The van der Waals surface area contributed by atoms with Crippen LogP contribution in [0, 0.1) is 6.92 Å². The third kappa shape index (κ3) is 5.31. The van der Waals surface area contributed by atoms with Crippen LogP contribution in [-0.4, -0.2) is 23.3 Å². The first-order valence-electron chi connectivity index (χ1n) is 6.83. The number of amides is 2. The Balaban J connectivity index is 0.00000264. The molecule has 124 valence electrons. The van der Waals surface area contributed by atoms with Gasteiger partial charge in [-0.05, 0) is 31.2 Å². The number of nitrogens with one attached hydrogen (secondary N) is 2. The minimum Gasteiger partial charge on any atom is -0.330 e. The van der Waals surface area contributed by atoms with Crippen molar-refractivity contribution in [2.75, 3.05) is 17.2 Å². The maximum Gasteiger partial charge on any atom is 0.275 e. The summed E-state index contributed by atoms with van der Waals surface area (Å²) in [4.78, 5) is 27.6. The van der Waals surface area contributed by atoms with E-state index in [4.69, 9.17) is 5.73 Å². The number of nitrogens with two attached hydrogens (primary N) is 1. The number of halogens is 1. The number of aryl methyl sites for hydroxylation is 1. The molecule has 0 fully saturated rings. The van der Waals surface area contributed by atoms with Crippen LogP contribution >= 0.6 is 23.7 Å². The van der Waals surface area contributed by atoms with E-state index in [1.807, 2.05) is 13.0 Å². The van der Waals surface area contributed by atoms with Crippen LogP contribution in [-0.2, 0) is 11.2 Å². The Labute approximate surface area is 144 Å². The number of thiazole rings is 1. The number of aromatic nitrogens is 1. The van der Waals surface area contributed by atoms with Crippen LogP contribution in [0.5, 0.6) is 0 Å². The fourth-order valence-corrected chi connectivity index (χ4v) is 2.67. The molecule has 2 rings (SSSR count). The van der Waals surface area contributed by atoms with Gasteiger partial charge in [0, 0.05) is 30.1 Å². The van der Waals surface area contributed by atoms with Crippen molar-refractivity contribution in [3.8, 4) is 0 Å². The van der Waals surface area contributed by atoms with Gasteiger partial charge < -0.3 is 16.4 Å². The van der Waals surface area contributed by atoms with Crippen LogP contribution in [0.25, 0.3) is 0 Å². The topological polar surface area (TPSA) is 97.1 Å². The van der Waals surface area contributed by atoms with E-state index < -0.39 is 0 Å². The molecule has 23 heavy (non-hydrogen) atoms. The molecule has 2 amide bonds. The van der Waals surface area contributed by atoms with Crippen LogP contribution in [0.4, 0.5) is 11.4 Å². The van der Waals surface area contributed by atoms with Crippen LogP contribution in [0.2, 0.25) is 0 Å². The molecule has 0 aliphatic carbocycles. The summed E-state index contributed by atoms with van der Waals surface area (Å²) in [5, 5.41) is 8.07. The number of nitrogens with zero attached hydrogens (tertiary/aromatic N) is 1. The number of carbonyl (C=O) groups is 2. The summed E-state index contributed by atoms with van der Waals surface area (Å²) in [6.45, 7) is 3.83. The number of hydrogen-bond donors (Lipinski definition) is 3. The third-order valence-corrected chi connectivity index (χ3v) is 3.86. The highest BCUT2D eigenvalue weighted by atomic mass is 35.5. The van der Waals surface area contributed by atoms with Crippen molar-refractivity contribution in [1.29, 1.82) is 0 Å². The van der Waals surface area contributed by atoms with Crippen LogP contribution in [0.3, 0.4) is 0 Å². The summed E-state index contributed by atoms with van der Waals surface area (Å²) in [6, 6.07) is 5.35. The van der Waals surface area contributed by atoms with Gasteiger partial charge in [-0.25, -0.2) is 4.98 Å². The Bertz CT molecular complexity index is 703. The first kappa shape index (κ1) is 19.1. The maximum absolute atomic E-state index is 12.2. The molecule has 1 heterocycles. The molecule has 0 saturated heterocycles. The molecule has 2 aromatic rings. The summed E-state index contributed by atoms with van der Waals surface area (Å²) in [5.74, 6) is -0.436. The molecule has 0 spiro atoms. The van der Waals surface area contributed by atoms with Gasteiger partial charge in [-0.1, -0.05) is 6.07 Å². The van der Waals surface area contributed by atoms with Crippen LogP contribution in [0.15, 0.2) is 23.6 Å². The zero-order valence-corrected chi connectivity index (χ0v) is 14.5. The summed E-state index contributed by atoms with van der Waals surface area (Å²) >= 11 is 1.42. The first-order valence-corrected chi connectivity index (χ1v) is 7.71. The first-order chi connectivity index (χ1) is 10.5. The average Bonchev–Trinajstić information content (AvgIpc) is 2.91. The lowest BCUT2D eigenvalue weighted by Gasteiger charge is -2.10. The van der Waals surface area contributed by atoms with Crippen molar-refractivity contribution in [2.24, 2.45) is 5.73 Å². The van der Waals surface area contributed by atoms with Gasteiger partial charge in [-0.2, -0.15) is 0 Å². The number of hydrogen-bond acceptors (Lipinski definition) is 5. The van der Waals surface area contributed by atoms with Crippen molar-refractivity contribution in [2.45, 2.75) is 20.3 Å². The number of anilines is 2. The summed E-state index contributed by atoms with van der Waals surface area (Å²) in [7, 11) is 0. The Kier molecular flexibility index (Phi) is 7.15. The molecular formula is C15H19ClN4O2S. The second kappa shape index (κ2) is 8.61. The largest absolute Gasteiger partial charge is 0.330 e. The molecular weight excluding hydrogens is 336 g/mol. The molecule has 6 nitrogen and oxygen atoms in total. The Morgan fingerprint density at radius 1 is 1.30 bits per heavy atom. The monoisotopic (exact) mass is 354 g/mol. The van der Waals surface area contributed by atoms with Gasteiger partial charge in [0.1, 0.15) is 5.69 Å². The molecule has 1 aromatic heterocycles. The van der Waals surface area contributed by atoms with Gasteiger partial charge in [0.15, 0.2) is 0 Å². The van der Waals surface area contributed by atoms with Crippen molar-refractivity contribution in [3.05, 3.63) is 39.8 Å².